The van der Waals surface area contributed by atoms with Crippen LogP contribution < -0.4 is 16.0 Å². The van der Waals surface area contributed by atoms with E-state index in [0.29, 0.717) is 17.8 Å². The highest BCUT2D eigenvalue weighted by Crippen LogP contribution is 2.21. The lowest BCUT2D eigenvalue weighted by atomic mass is 9.92. The Morgan fingerprint density at radius 1 is 1.07 bits per heavy atom. The van der Waals surface area contributed by atoms with Gasteiger partial charge in [-0.05, 0) is 69.7 Å². The van der Waals surface area contributed by atoms with Crippen molar-refractivity contribution in [1.82, 2.24) is 15.5 Å². The van der Waals surface area contributed by atoms with E-state index in [1.165, 1.54) is 6.42 Å². The lowest BCUT2D eigenvalue weighted by Gasteiger charge is -2.34. The van der Waals surface area contributed by atoms with E-state index in [1.807, 2.05) is 13.8 Å². The van der Waals surface area contributed by atoms with E-state index < -0.39 is 11.8 Å². The van der Waals surface area contributed by atoms with Crippen molar-refractivity contribution in [2.45, 2.75) is 53.0 Å². The zero-order valence-electron chi connectivity index (χ0n) is 18.7. The second-order valence-electron chi connectivity index (χ2n) is 8.83. The Bertz CT molecular complexity index is 725. The average molecular weight is 417 g/mol. The molecule has 2 atom stereocenters. The second-order valence-corrected chi connectivity index (χ2v) is 8.83. The standard InChI is InChI=1S/C23H36N4O3/c1-16(2)25-21(28)19-8-7-9-20(13-19)26-23(30)22(29)24-10-5-6-11-27-14-17(3)12-18(4)15-27/h7-9,13,16-18H,5-6,10-12,14-15H2,1-4H3,(H,24,29)(H,25,28)(H,26,30). The summed E-state index contributed by atoms with van der Waals surface area (Å²) < 4.78 is 0. The Balaban J connectivity index is 1.70. The van der Waals surface area contributed by atoms with Crippen LogP contribution in [0.4, 0.5) is 5.69 Å². The number of hydrogen-bond acceptors (Lipinski definition) is 4. The smallest absolute Gasteiger partial charge is 0.313 e. The van der Waals surface area contributed by atoms with Gasteiger partial charge in [0.05, 0.1) is 0 Å². The number of piperidine rings is 1. The number of carbonyl (C=O) groups excluding carboxylic acids is 3. The zero-order chi connectivity index (χ0) is 22.1. The van der Waals surface area contributed by atoms with E-state index in [2.05, 4.69) is 34.7 Å². The maximum absolute atomic E-state index is 12.1. The van der Waals surface area contributed by atoms with Crippen LogP contribution in [0.3, 0.4) is 0 Å². The number of nitrogens with one attached hydrogen (secondary N) is 3. The highest BCUT2D eigenvalue weighted by atomic mass is 16.2. The van der Waals surface area contributed by atoms with Gasteiger partial charge in [0.15, 0.2) is 0 Å². The minimum absolute atomic E-state index is 0.0169. The first kappa shape index (κ1) is 23.9. The molecular weight excluding hydrogens is 380 g/mol. The lowest BCUT2D eigenvalue weighted by Crippen LogP contribution is -2.39. The number of amides is 3. The number of hydrogen-bond donors (Lipinski definition) is 3. The molecule has 0 saturated carbocycles. The molecule has 1 saturated heterocycles. The Hall–Kier alpha value is -2.41. The molecule has 2 unspecified atom stereocenters. The fraction of sp³-hybridized carbons (Fsp3) is 0.609. The fourth-order valence-electron chi connectivity index (χ4n) is 3.99. The number of carbonyl (C=O) groups is 3. The number of nitrogens with zero attached hydrogens (tertiary/aromatic N) is 1. The fourth-order valence-corrected chi connectivity index (χ4v) is 3.99. The maximum Gasteiger partial charge on any atom is 0.313 e. The van der Waals surface area contributed by atoms with E-state index in [4.69, 9.17) is 0 Å². The predicted molar refractivity (Wildman–Crippen MR) is 119 cm³/mol. The van der Waals surface area contributed by atoms with Crippen molar-refractivity contribution in [1.29, 1.82) is 0 Å². The molecule has 166 valence electrons. The summed E-state index contributed by atoms with van der Waals surface area (Å²) in [6.07, 6.45) is 3.13. The van der Waals surface area contributed by atoms with E-state index in [9.17, 15) is 14.4 Å². The van der Waals surface area contributed by atoms with Gasteiger partial charge < -0.3 is 20.9 Å². The maximum atomic E-state index is 12.1. The Morgan fingerprint density at radius 2 is 1.77 bits per heavy atom. The number of rotatable bonds is 8. The summed E-state index contributed by atoms with van der Waals surface area (Å²) in [5.74, 6) is -0.121. The molecule has 3 amide bonds. The molecule has 1 aromatic carbocycles. The largest absolute Gasteiger partial charge is 0.350 e. The van der Waals surface area contributed by atoms with Crippen molar-refractivity contribution in [3.63, 3.8) is 0 Å². The summed E-state index contributed by atoms with van der Waals surface area (Å²) in [6, 6.07) is 6.56. The van der Waals surface area contributed by atoms with E-state index >= 15 is 0 Å². The molecule has 1 aromatic rings. The topological polar surface area (TPSA) is 90.5 Å². The molecule has 1 aliphatic heterocycles. The van der Waals surface area contributed by atoms with Crippen molar-refractivity contribution >= 4 is 23.4 Å². The minimum Gasteiger partial charge on any atom is -0.350 e. The van der Waals surface area contributed by atoms with Gasteiger partial charge in [0.2, 0.25) is 0 Å². The normalized spacial score (nSPS) is 19.4. The van der Waals surface area contributed by atoms with Gasteiger partial charge in [-0.3, -0.25) is 14.4 Å². The predicted octanol–water partition coefficient (Wildman–Crippen LogP) is 2.64. The van der Waals surface area contributed by atoms with Crippen LogP contribution in [0.2, 0.25) is 0 Å². The third-order valence-corrected chi connectivity index (χ3v) is 5.14. The van der Waals surface area contributed by atoms with Crippen molar-refractivity contribution in [2.24, 2.45) is 11.8 Å². The molecule has 0 radical (unpaired) electrons. The zero-order valence-corrected chi connectivity index (χ0v) is 18.7. The van der Waals surface area contributed by atoms with Crippen LogP contribution in [0.25, 0.3) is 0 Å². The monoisotopic (exact) mass is 416 g/mol. The summed E-state index contributed by atoms with van der Waals surface area (Å²) in [4.78, 5) is 38.7. The van der Waals surface area contributed by atoms with Crippen LogP contribution in [-0.4, -0.2) is 54.8 Å². The molecule has 0 aromatic heterocycles. The van der Waals surface area contributed by atoms with Gasteiger partial charge in [0, 0.05) is 36.9 Å². The van der Waals surface area contributed by atoms with Crippen molar-refractivity contribution in [3.05, 3.63) is 29.8 Å². The summed E-state index contributed by atoms with van der Waals surface area (Å²) in [7, 11) is 0. The van der Waals surface area contributed by atoms with Crippen molar-refractivity contribution in [2.75, 3.05) is 31.5 Å². The summed E-state index contributed by atoms with van der Waals surface area (Å²) in [5.41, 5.74) is 0.850. The molecule has 30 heavy (non-hydrogen) atoms. The number of unbranched alkanes of at least 4 members (excludes halogenated alkanes) is 1. The molecule has 0 spiro atoms. The van der Waals surface area contributed by atoms with Crippen LogP contribution in [0.5, 0.6) is 0 Å². The molecule has 0 aliphatic carbocycles. The highest BCUT2D eigenvalue weighted by Gasteiger charge is 2.21. The molecule has 1 heterocycles. The van der Waals surface area contributed by atoms with Crippen molar-refractivity contribution < 1.29 is 14.4 Å². The number of likely N-dealkylation sites (tertiary alicyclic amines) is 1. The van der Waals surface area contributed by atoms with E-state index in [-0.39, 0.29) is 11.9 Å². The molecule has 7 heteroatoms. The number of anilines is 1. The summed E-state index contributed by atoms with van der Waals surface area (Å²) >= 11 is 0. The minimum atomic E-state index is -0.727. The first-order valence-corrected chi connectivity index (χ1v) is 11.0. The van der Waals surface area contributed by atoms with Gasteiger partial charge in [-0.25, -0.2) is 0 Å². The van der Waals surface area contributed by atoms with Gasteiger partial charge >= 0.3 is 11.8 Å². The third kappa shape index (κ3) is 8.14. The van der Waals surface area contributed by atoms with Gasteiger partial charge in [0.1, 0.15) is 0 Å². The molecule has 1 aliphatic rings. The Labute approximate surface area is 180 Å². The SMILES string of the molecule is CC1CC(C)CN(CCCCNC(=O)C(=O)Nc2cccc(C(=O)NC(C)C)c2)C1. The first-order valence-electron chi connectivity index (χ1n) is 11.0. The lowest BCUT2D eigenvalue weighted by molar-refractivity contribution is -0.136. The van der Waals surface area contributed by atoms with Gasteiger partial charge in [-0.2, -0.15) is 0 Å². The van der Waals surface area contributed by atoms with Crippen LogP contribution in [-0.2, 0) is 9.59 Å². The van der Waals surface area contributed by atoms with Gasteiger partial charge in [-0.1, -0.05) is 19.9 Å². The van der Waals surface area contributed by atoms with Gasteiger partial charge in [0.25, 0.3) is 5.91 Å². The quantitative estimate of drug-likeness (QED) is 0.449. The number of benzene rings is 1. The molecule has 1 fully saturated rings. The summed E-state index contributed by atoms with van der Waals surface area (Å²) in [5, 5.41) is 8.02. The van der Waals surface area contributed by atoms with Crippen LogP contribution in [0.1, 0.15) is 57.3 Å². The van der Waals surface area contributed by atoms with E-state index in [1.54, 1.807) is 24.3 Å². The molecule has 7 nitrogen and oxygen atoms in total. The molecule has 3 N–H and O–H groups in total. The van der Waals surface area contributed by atoms with Crippen molar-refractivity contribution in [3.8, 4) is 0 Å². The molecule has 0 bridgehead atoms. The molecule has 2 rings (SSSR count). The second kappa shape index (κ2) is 11.7. The Morgan fingerprint density at radius 3 is 2.43 bits per heavy atom. The first-order chi connectivity index (χ1) is 14.2. The highest BCUT2D eigenvalue weighted by molar-refractivity contribution is 6.39. The Kier molecular flexibility index (Phi) is 9.30. The molecular formula is C23H36N4O3. The third-order valence-electron chi connectivity index (χ3n) is 5.14. The van der Waals surface area contributed by atoms with Crippen LogP contribution >= 0.6 is 0 Å². The summed E-state index contributed by atoms with van der Waals surface area (Å²) in [6.45, 7) is 12.1. The average Bonchev–Trinajstić information content (AvgIpc) is 2.66. The van der Waals surface area contributed by atoms with Gasteiger partial charge in [-0.15, -0.1) is 0 Å². The van der Waals surface area contributed by atoms with Crippen LogP contribution in [0.15, 0.2) is 24.3 Å². The van der Waals surface area contributed by atoms with E-state index in [0.717, 1.165) is 44.3 Å². The van der Waals surface area contributed by atoms with Crippen LogP contribution in [0, 0.1) is 11.8 Å².